The SMILES string of the molecule is C=CC(=O)Oc1ccc(OC(=O)/C(C)=C(\C)c2ccc(OC(=O)C=C)c(OC(=O)C=C)c2)cc1OC(=O)C=C. The molecule has 2 rings (SSSR count). The van der Waals surface area contributed by atoms with Gasteiger partial charge in [0, 0.05) is 35.9 Å². The Morgan fingerprint density at radius 3 is 1.44 bits per heavy atom. The van der Waals surface area contributed by atoms with Crippen molar-refractivity contribution < 1.29 is 47.7 Å². The Kier molecular flexibility index (Phi) is 10.4. The Hall–Kier alpha value is -5.51. The van der Waals surface area contributed by atoms with Gasteiger partial charge in [-0.1, -0.05) is 32.4 Å². The Balaban J connectivity index is 2.39. The lowest BCUT2D eigenvalue weighted by molar-refractivity contribution is -0.131. The van der Waals surface area contributed by atoms with E-state index in [9.17, 15) is 24.0 Å². The molecule has 2 aromatic carbocycles. The van der Waals surface area contributed by atoms with Gasteiger partial charge in [-0.15, -0.1) is 0 Å². The number of hydrogen-bond acceptors (Lipinski definition) is 10. The van der Waals surface area contributed by atoms with E-state index < -0.39 is 29.8 Å². The first-order chi connectivity index (χ1) is 18.5. The van der Waals surface area contributed by atoms with Crippen molar-refractivity contribution in [2.45, 2.75) is 13.8 Å². The van der Waals surface area contributed by atoms with Crippen LogP contribution in [0, 0.1) is 0 Å². The summed E-state index contributed by atoms with van der Waals surface area (Å²) in [5.41, 5.74) is 1.05. The van der Waals surface area contributed by atoms with E-state index in [0.717, 1.165) is 24.3 Å². The van der Waals surface area contributed by atoms with E-state index in [4.69, 9.17) is 23.7 Å². The van der Waals surface area contributed by atoms with Crippen LogP contribution in [0.15, 0.2) is 92.6 Å². The highest BCUT2D eigenvalue weighted by Gasteiger charge is 2.18. The molecule has 2 aromatic rings. The summed E-state index contributed by atoms with van der Waals surface area (Å²) in [6.45, 7) is 16.4. The first-order valence-electron chi connectivity index (χ1n) is 11.1. The van der Waals surface area contributed by atoms with E-state index in [2.05, 4.69) is 26.3 Å². The Labute approximate surface area is 224 Å². The summed E-state index contributed by atoms with van der Waals surface area (Å²) in [7, 11) is 0. The maximum absolute atomic E-state index is 12.9. The van der Waals surface area contributed by atoms with Crippen LogP contribution in [0.2, 0.25) is 0 Å². The topological polar surface area (TPSA) is 132 Å². The van der Waals surface area contributed by atoms with Crippen molar-refractivity contribution in [3.05, 3.63) is 98.2 Å². The van der Waals surface area contributed by atoms with Gasteiger partial charge in [-0.3, -0.25) is 0 Å². The van der Waals surface area contributed by atoms with Crippen LogP contribution in [0.5, 0.6) is 28.7 Å². The fourth-order valence-corrected chi connectivity index (χ4v) is 2.77. The third-order valence-corrected chi connectivity index (χ3v) is 4.88. The van der Waals surface area contributed by atoms with Gasteiger partial charge in [0.15, 0.2) is 23.0 Å². The minimum absolute atomic E-state index is 0.0234. The smallest absolute Gasteiger partial charge is 0.339 e. The zero-order valence-corrected chi connectivity index (χ0v) is 21.2. The molecule has 0 aromatic heterocycles. The van der Waals surface area contributed by atoms with Gasteiger partial charge in [0.25, 0.3) is 0 Å². The predicted molar refractivity (Wildman–Crippen MR) is 140 cm³/mol. The summed E-state index contributed by atoms with van der Waals surface area (Å²) in [5, 5.41) is 0. The number of benzene rings is 2. The minimum atomic E-state index is -0.837. The second kappa shape index (κ2) is 13.7. The lowest BCUT2D eigenvalue weighted by atomic mass is 10.0. The fraction of sp³-hybridized carbons (Fsp3) is 0.0690. The number of carbonyl (C=O) groups excluding carboxylic acids is 5. The van der Waals surface area contributed by atoms with Gasteiger partial charge in [-0.25, -0.2) is 24.0 Å². The summed E-state index contributed by atoms with van der Waals surface area (Å²) < 4.78 is 25.8. The normalized spacial score (nSPS) is 10.6. The molecule has 0 atom stereocenters. The Morgan fingerprint density at radius 1 is 0.564 bits per heavy atom. The molecule has 200 valence electrons. The van der Waals surface area contributed by atoms with Gasteiger partial charge in [-0.05, 0) is 49.2 Å². The highest BCUT2D eigenvalue weighted by Crippen LogP contribution is 2.34. The maximum Gasteiger partial charge on any atom is 0.339 e. The average molecular weight is 533 g/mol. The maximum atomic E-state index is 12.9. The summed E-state index contributed by atoms with van der Waals surface area (Å²) in [4.78, 5) is 59.6. The number of hydrogen-bond donors (Lipinski definition) is 0. The van der Waals surface area contributed by atoms with Crippen molar-refractivity contribution in [3.63, 3.8) is 0 Å². The summed E-state index contributed by atoms with van der Waals surface area (Å²) in [6, 6.07) is 8.10. The number of carbonyl (C=O) groups is 5. The Bertz CT molecular complexity index is 1410. The molecule has 0 radical (unpaired) electrons. The summed E-state index contributed by atoms with van der Waals surface area (Å²) in [6.07, 6.45) is 3.70. The lowest BCUT2D eigenvalue weighted by Crippen LogP contribution is -2.12. The van der Waals surface area contributed by atoms with Crippen LogP contribution in [0.3, 0.4) is 0 Å². The van der Waals surface area contributed by atoms with Gasteiger partial charge < -0.3 is 23.7 Å². The highest BCUT2D eigenvalue weighted by atomic mass is 16.6. The highest BCUT2D eigenvalue weighted by molar-refractivity contribution is 5.98. The summed E-state index contributed by atoms with van der Waals surface area (Å²) >= 11 is 0. The summed E-state index contributed by atoms with van der Waals surface area (Å²) in [5.74, 6) is -4.44. The standard InChI is InChI=1S/C29H24O10/c1-7-25(30)36-21-13-11-19(15-23(21)38-27(32)9-3)17(5)18(6)29(34)35-20-12-14-22(37-26(31)8-2)24(16-20)39-28(33)10-4/h7-16H,1-4H2,5-6H3/b18-17+. The van der Waals surface area contributed by atoms with Crippen molar-refractivity contribution in [1.82, 2.24) is 0 Å². The molecule has 0 bridgehead atoms. The first-order valence-corrected chi connectivity index (χ1v) is 11.1. The predicted octanol–water partition coefficient (Wildman–Crippen LogP) is 4.45. The molecule has 0 unspecified atom stereocenters. The molecule has 0 saturated heterocycles. The van der Waals surface area contributed by atoms with Gasteiger partial charge in [0.1, 0.15) is 5.75 Å². The monoisotopic (exact) mass is 532 g/mol. The van der Waals surface area contributed by atoms with Crippen LogP contribution in [-0.2, 0) is 24.0 Å². The molecule has 0 aliphatic heterocycles. The molecule has 0 amide bonds. The second-order valence-electron chi connectivity index (χ2n) is 7.41. The molecule has 0 saturated carbocycles. The molecule has 10 heteroatoms. The number of allylic oxidation sites excluding steroid dienone is 1. The Morgan fingerprint density at radius 2 is 0.974 bits per heavy atom. The quantitative estimate of drug-likeness (QED) is 0.232. The van der Waals surface area contributed by atoms with E-state index >= 15 is 0 Å². The largest absolute Gasteiger partial charge is 0.423 e. The van der Waals surface area contributed by atoms with E-state index in [1.165, 1.54) is 37.3 Å². The van der Waals surface area contributed by atoms with E-state index in [1.54, 1.807) is 13.0 Å². The van der Waals surface area contributed by atoms with Crippen LogP contribution < -0.4 is 23.7 Å². The molecule has 10 nitrogen and oxygen atoms in total. The molecular weight excluding hydrogens is 508 g/mol. The molecule has 39 heavy (non-hydrogen) atoms. The molecule has 0 spiro atoms. The number of esters is 5. The third kappa shape index (κ3) is 8.25. The zero-order chi connectivity index (χ0) is 29.1. The molecule has 0 aliphatic carbocycles. The fourth-order valence-electron chi connectivity index (χ4n) is 2.77. The molecule has 0 fully saturated rings. The van der Waals surface area contributed by atoms with E-state index in [0.29, 0.717) is 11.1 Å². The van der Waals surface area contributed by atoms with Gasteiger partial charge in [-0.2, -0.15) is 0 Å². The molecule has 0 aliphatic rings. The minimum Gasteiger partial charge on any atom is -0.423 e. The molecule has 0 heterocycles. The van der Waals surface area contributed by atoms with Crippen LogP contribution in [0.25, 0.3) is 5.57 Å². The van der Waals surface area contributed by atoms with Crippen LogP contribution >= 0.6 is 0 Å². The number of rotatable bonds is 11. The van der Waals surface area contributed by atoms with Crippen molar-refractivity contribution in [2.75, 3.05) is 0 Å². The third-order valence-electron chi connectivity index (χ3n) is 4.88. The first kappa shape index (κ1) is 29.7. The van der Waals surface area contributed by atoms with Crippen molar-refractivity contribution in [2.24, 2.45) is 0 Å². The average Bonchev–Trinajstić information content (AvgIpc) is 2.93. The van der Waals surface area contributed by atoms with Crippen molar-refractivity contribution >= 4 is 35.4 Å². The number of ether oxygens (including phenoxy) is 5. The van der Waals surface area contributed by atoms with Crippen molar-refractivity contribution in [1.29, 1.82) is 0 Å². The van der Waals surface area contributed by atoms with Gasteiger partial charge in [0.2, 0.25) is 0 Å². The van der Waals surface area contributed by atoms with Gasteiger partial charge in [0.05, 0.1) is 0 Å². The van der Waals surface area contributed by atoms with Crippen LogP contribution in [-0.4, -0.2) is 29.8 Å². The van der Waals surface area contributed by atoms with Crippen LogP contribution in [0.4, 0.5) is 0 Å². The molecular formula is C29H24O10. The molecule has 0 N–H and O–H groups in total. The lowest BCUT2D eigenvalue weighted by Gasteiger charge is -2.13. The van der Waals surface area contributed by atoms with E-state index in [-0.39, 0.29) is 34.3 Å². The van der Waals surface area contributed by atoms with Crippen molar-refractivity contribution in [3.8, 4) is 28.7 Å². The second-order valence-corrected chi connectivity index (χ2v) is 7.41. The van der Waals surface area contributed by atoms with Crippen LogP contribution in [0.1, 0.15) is 19.4 Å². The zero-order valence-electron chi connectivity index (χ0n) is 21.2. The van der Waals surface area contributed by atoms with E-state index in [1.807, 2.05) is 0 Å². The van der Waals surface area contributed by atoms with Gasteiger partial charge >= 0.3 is 29.8 Å².